The Morgan fingerprint density at radius 3 is 2.00 bits per heavy atom. The number of hydrogen-bond acceptors (Lipinski definition) is 4. The SMILES string of the molecule is CC[Si](CC)(CC)Oc1cccc(OC)c1C=Cc1cc(O)cc(O)c1. The second kappa shape index (κ2) is 8.81. The Labute approximate surface area is 156 Å². The maximum absolute atomic E-state index is 9.66. The number of hydrogen-bond donors (Lipinski definition) is 2. The van der Waals surface area contributed by atoms with Crippen molar-refractivity contribution in [2.75, 3.05) is 7.11 Å². The fraction of sp³-hybridized carbons (Fsp3) is 0.333. The van der Waals surface area contributed by atoms with Gasteiger partial charge in [0.2, 0.25) is 0 Å². The number of methoxy groups -OCH3 is 1. The van der Waals surface area contributed by atoms with Crippen molar-refractivity contribution in [2.24, 2.45) is 0 Å². The summed E-state index contributed by atoms with van der Waals surface area (Å²) in [5.74, 6) is 1.60. The first-order chi connectivity index (χ1) is 12.5. The van der Waals surface area contributed by atoms with Crippen LogP contribution in [0.3, 0.4) is 0 Å². The van der Waals surface area contributed by atoms with Crippen LogP contribution in [0.4, 0.5) is 0 Å². The van der Waals surface area contributed by atoms with E-state index in [1.54, 1.807) is 19.2 Å². The second-order valence-corrected chi connectivity index (χ2v) is 11.0. The van der Waals surface area contributed by atoms with Crippen LogP contribution in [0, 0.1) is 0 Å². The standard InChI is InChI=1S/C21H28O4Si/c1-5-26(6-2,7-3)25-21-10-8-9-20(24-4)19(21)12-11-16-13-17(22)15-18(23)14-16/h8-15,22-23H,5-7H2,1-4H3. The Morgan fingerprint density at radius 2 is 1.46 bits per heavy atom. The predicted molar refractivity (Wildman–Crippen MR) is 110 cm³/mol. The summed E-state index contributed by atoms with van der Waals surface area (Å²) in [6.07, 6.45) is 3.74. The zero-order valence-corrected chi connectivity index (χ0v) is 17.0. The molecule has 4 nitrogen and oxygen atoms in total. The first kappa shape index (κ1) is 19.9. The smallest absolute Gasteiger partial charge is 0.250 e. The predicted octanol–water partition coefficient (Wildman–Crippen LogP) is 5.66. The van der Waals surface area contributed by atoms with Crippen LogP contribution in [0.2, 0.25) is 18.1 Å². The molecule has 0 fully saturated rings. The van der Waals surface area contributed by atoms with E-state index in [0.29, 0.717) is 5.56 Å². The molecule has 0 atom stereocenters. The van der Waals surface area contributed by atoms with E-state index in [1.165, 1.54) is 6.07 Å². The summed E-state index contributed by atoms with van der Waals surface area (Å²) in [5, 5.41) is 19.3. The summed E-state index contributed by atoms with van der Waals surface area (Å²) < 4.78 is 12.1. The first-order valence-electron chi connectivity index (χ1n) is 9.04. The van der Waals surface area contributed by atoms with Crippen molar-refractivity contribution in [3.05, 3.63) is 47.5 Å². The van der Waals surface area contributed by atoms with Crippen molar-refractivity contribution in [1.82, 2.24) is 0 Å². The maximum atomic E-state index is 9.66. The van der Waals surface area contributed by atoms with Gasteiger partial charge in [0.05, 0.1) is 12.7 Å². The average molecular weight is 373 g/mol. The summed E-state index contributed by atoms with van der Waals surface area (Å²) >= 11 is 0. The Hall–Kier alpha value is -2.40. The fourth-order valence-electron chi connectivity index (χ4n) is 3.05. The minimum absolute atomic E-state index is 0.0236. The van der Waals surface area contributed by atoms with Crippen LogP contribution in [0.25, 0.3) is 12.2 Å². The number of aromatic hydroxyl groups is 2. The Morgan fingerprint density at radius 1 is 0.885 bits per heavy atom. The molecular weight excluding hydrogens is 344 g/mol. The van der Waals surface area contributed by atoms with Crippen molar-refractivity contribution in [3.8, 4) is 23.0 Å². The number of rotatable bonds is 8. The monoisotopic (exact) mass is 372 g/mol. The summed E-state index contributed by atoms with van der Waals surface area (Å²) in [4.78, 5) is 0. The van der Waals surface area contributed by atoms with E-state index in [9.17, 15) is 10.2 Å². The van der Waals surface area contributed by atoms with Gasteiger partial charge >= 0.3 is 0 Å². The van der Waals surface area contributed by atoms with Gasteiger partial charge in [-0.15, -0.1) is 0 Å². The van der Waals surface area contributed by atoms with Crippen molar-refractivity contribution < 1.29 is 19.4 Å². The molecule has 5 heteroatoms. The zero-order chi connectivity index (χ0) is 19.2. The van der Waals surface area contributed by atoms with Crippen LogP contribution in [-0.4, -0.2) is 25.6 Å². The van der Waals surface area contributed by atoms with E-state index in [4.69, 9.17) is 9.16 Å². The normalized spacial score (nSPS) is 11.7. The van der Waals surface area contributed by atoms with Crippen molar-refractivity contribution in [1.29, 1.82) is 0 Å². The Kier molecular flexibility index (Phi) is 6.74. The number of ether oxygens (including phenoxy) is 1. The van der Waals surface area contributed by atoms with Gasteiger partial charge in [-0.2, -0.15) is 0 Å². The third-order valence-corrected chi connectivity index (χ3v) is 9.39. The summed E-state index contributed by atoms with van der Waals surface area (Å²) in [6, 6.07) is 13.5. The summed E-state index contributed by atoms with van der Waals surface area (Å²) in [6.45, 7) is 6.60. The van der Waals surface area contributed by atoms with Crippen molar-refractivity contribution in [3.63, 3.8) is 0 Å². The van der Waals surface area contributed by atoms with Crippen LogP contribution in [0.15, 0.2) is 36.4 Å². The van der Waals surface area contributed by atoms with Crippen molar-refractivity contribution in [2.45, 2.75) is 38.9 Å². The van der Waals surface area contributed by atoms with E-state index < -0.39 is 8.32 Å². The number of phenols is 2. The lowest BCUT2D eigenvalue weighted by atomic mass is 10.1. The molecule has 0 spiro atoms. The molecule has 0 saturated carbocycles. The quantitative estimate of drug-likeness (QED) is 0.463. The van der Waals surface area contributed by atoms with E-state index in [2.05, 4.69) is 20.8 Å². The number of benzene rings is 2. The average Bonchev–Trinajstić information content (AvgIpc) is 2.64. The van der Waals surface area contributed by atoms with Gasteiger partial charge in [0.1, 0.15) is 23.0 Å². The van der Waals surface area contributed by atoms with Crippen LogP contribution >= 0.6 is 0 Å². The van der Waals surface area contributed by atoms with Gasteiger partial charge in [0, 0.05) is 6.07 Å². The van der Waals surface area contributed by atoms with E-state index in [1.807, 2.05) is 30.4 Å². The molecule has 140 valence electrons. The van der Waals surface area contributed by atoms with Crippen LogP contribution in [0.1, 0.15) is 31.9 Å². The Balaban J connectivity index is 2.44. The second-order valence-electron chi connectivity index (χ2n) is 6.33. The molecule has 0 aliphatic rings. The largest absolute Gasteiger partial charge is 0.543 e. The fourth-order valence-corrected chi connectivity index (χ4v) is 5.63. The van der Waals surface area contributed by atoms with Crippen LogP contribution < -0.4 is 9.16 Å². The Bertz CT molecular complexity index is 738. The highest BCUT2D eigenvalue weighted by Gasteiger charge is 2.31. The highest BCUT2D eigenvalue weighted by Crippen LogP contribution is 2.35. The molecule has 0 aliphatic heterocycles. The topological polar surface area (TPSA) is 58.9 Å². The van der Waals surface area contributed by atoms with Crippen molar-refractivity contribution >= 4 is 20.5 Å². The third kappa shape index (κ3) is 4.61. The zero-order valence-electron chi connectivity index (χ0n) is 16.0. The molecule has 2 aromatic rings. The molecule has 26 heavy (non-hydrogen) atoms. The highest BCUT2D eigenvalue weighted by molar-refractivity contribution is 6.74. The molecule has 0 aromatic heterocycles. The van der Waals surface area contributed by atoms with Gasteiger partial charge in [0.25, 0.3) is 8.32 Å². The van der Waals surface area contributed by atoms with Crippen LogP contribution in [-0.2, 0) is 0 Å². The van der Waals surface area contributed by atoms with Gasteiger partial charge in [-0.1, -0.05) is 32.9 Å². The molecule has 0 bridgehead atoms. The third-order valence-electron chi connectivity index (χ3n) is 4.87. The highest BCUT2D eigenvalue weighted by atomic mass is 28.4. The molecule has 0 radical (unpaired) electrons. The van der Waals surface area contributed by atoms with Gasteiger partial charge in [-0.25, -0.2) is 0 Å². The lowest BCUT2D eigenvalue weighted by molar-refractivity contribution is 0.410. The van der Waals surface area contributed by atoms with Gasteiger partial charge in [0.15, 0.2) is 0 Å². The molecule has 0 saturated heterocycles. The number of phenolic OH excluding ortho intramolecular Hbond substituents is 2. The molecule has 2 rings (SSSR count). The molecule has 0 aliphatic carbocycles. The lowest BCUT2D eigenvalue weighted by Gasteiger charge is -2.30. The van der Waals surface area contributed by atoms with Gasteiger partial charge in [-0.3, -0.25) is 0 Å². The van der Waals surface area contributed by atoms with E-state index >= 15 is 0 Å². The van der Waals surface area contributed by atoms with Gasteiger partial charge < -0.3 is 19.4 Å². The molecule has 0 amide bonds. The summed E-state index contributed by atoms with van der Waals surface area (Å²) in [5.41, 5.74) is 1.56. The maximum Gasteiger partial charge on any atom is 0.250 e. The minimum Gasteiger partial charge on any atom is -0.543 e. The lowest BCUT2D eigenvalue weighted by Crippen LogP contribution is -2.39. The molecular formula is C21H28O4Si. The molecule has 2 aromatic carbocycles. The van der Waals surface area contributed by atoms with E-state index in [-0.39, 0.29) is 11.5 Å². The van der Waals surface area contributed by atoms with Crippen LogP contribution in [0.5, 0.6) is 23.0 Å². The van der Waals surface area contributed by atoms with E-state index in [0.717, 1.165) is 35.2 Å². The minimum atomic E-state index is -1.82. The first-order valence-corrected chi connectivity index (χ1v) is 11.6. The molecule has 0 unspecified atom stereocenters. The molecule has 2 N–H and O–H groups in total. The summed E-state index contributed by atoms with van der Waals surface area (Å²) in [7, 11) is -0.181. The van der Waals surface area contributed by atoms with Gasteiger partial charge in [-0.05, 0) is 54.0 Å². The molecule has 0 heterocycles.